The Morgan fingerprint density at radius 2 is 0.517 bits per heavy atom. The van der Waals surface area contributed by atoms with E-state index in [-0.39, 0.29) is 16.8 Å². The third-order valence-corrected chi connectivity index (χ3v) is 17.7. The SMILES string of the molecule is CCC(C)CC(CC)CC1(CC(CC)CC(C)CC)COC(CC(CC)CC(C)CC)(CC(CC)CC(C)CC)C(CC(CC)CC(C)CC)(CC(CC)CC(C)CC)O1. The van der Waals surface area contributed by atoms with Crippen molar-refractivity contribution in [3.8, 4) is 0 Å². The molecule has 60 heavy (non-hydrogen) atoms. The molecule has 12 atom stereocenters. The summed E-state index contributed by atoms with van der Waals surface area (Å²) >= 11 is 0. The van der Waals surface area contributed by atoms with Gasteiger partial charge in [-0.1, -0.05) is 202 Å². The molecule has 0 aromatic rings. The highest BCUT2D eigenvalue weighted by atomic mass is 16.6. The molecule has 2 heteroatoms. The first-order valence-corrected chi connectivity index (χ1v) is 27.8. The first kappa shape index (κ1) is 57.9. The van der Waals surface area contributed by atoms with Gasteiger partial charge in [-0.25, -0.2) is 0 Å². The van der Waals surface area contributed by atoms with E-state index < -0.39 is 0 Å². The standard InChI is InChI=1S/C58H116O2/c1-19-44(13)31-50(25-7)37-56(38-51(26-8)32-45(14)20-2)43-59-57(39-52(27-9)33-46(15)21-3,40-53(28-10)34-47(16)22-4)58(60-56,41-54(29-11)35-48(17)23-5)42-55(30-12)36-49(18)24-6/h44-55H,19-43H2,1-18H3. The molecule has 1 rings (SSSR count). The predicted octanol–water partition coefficient (Wildman–Crippen LogP) is 19.4. The molecule has 1 aliphatic heterocycles. The zero-order valence-electron chi connectivity index (χ0n) is 44.9. The molecule has 0 saturated carbocycles. The van der Waals surface area contributed by atoms with Gasteiger partial charge in [-0.15, -0.1) is 0 Å². The van der Waals surface area contributed by atoms with E-state index in [1.807, 2.05) is 0 Å². The first-order valence-electron chi connectivity index (χ1n) is 27.8. The quantitative estimate of drug-likeness (QED) is 0.0625. The number of rotatable bonds is 36. The Morgan fingerprint density at radius 3 is 0.733 bits per heavy atom. The fraction of sp³-hybridized carbons (Fsp3) is 1.00. The van der Waals surface area contributed by atoms with Crippen LogP contribution in [-0.4, -0.2) is 23.4 Å². The van der Waals surface area contributed by atoms with Gasteiger partial charge in [0, 0.05) is 0 Å². The minimum Gasteiger partial charge on any atom is -0.369 e. The second kappa shape index (κ2) is 30.2. The zero-order chi connectivity index (χ0) is 45.5. The van der Waals surface area contributed by atoms with Crippen LogP contribution in [0.4, 0.5) is 0 Å². The molecule has 0 aliphatic carbocycles. The van der Waals surface area contributed by atoms with Crippen molar-refractivity contribution in [2.75, 3.05) is 6.61 Å². The Kier molecular flexibility index (Phi) is 29.1. The van der Waals surface area contributed by atoms with Gasteiger partial charge in [0.15, 0.2) is 0 Å². The highest BCUT2D eigenvalue weighted by Crippen LogP contribution is 2.58. The molecule has 0 radical (unpaired) electrons. The van der Waals surface area contributed by atoms with Crippen LogP contribution in [0, 0.1) is 71.0 Å². The van der Waals surface area contributed by atoms with Crippen LogP contribution in [0.2, 0.25) is 0 Å². The molecular formula is C58H116O2. The Bertz CT molecular complexity index is 968. The lowest BCUT2D eigenvalue weighted by atomic mass is 9.60. The summed E-state index contributed by atoms with van der Waals surface area (Å²) in [5.41, 5.74) is -0.824. The molecule has 1 saturated heterocycles. The second-order valence-corrected chi connectivity index (χ2v) is 22.9. The van der Waals surface area contributed by atoms with Gasteiger partial charge in [0.2, 0.25) is 0 Å². The normalized spacial score (nSPS) is 27.3. The van der Waals surface area contributed by atoms with Crippen molar-refractivity contribution in [3.63, 3.8) is 0 Å². The van der Waals surface area contributed by atoms with Gasteiger partial charge in [0.1, 0.15) is 0 Å². The molecule has 0 N–H and O–H groups in total. The molecule has 0 aromatic carbocycles. The molecule has 0 spiro atoms. The maximum atomic E-state index is 8.90. The Balaban J connectivity index is 4.55. The lowest BCUT2D eigenvalue weighted by Gasteiger charge is -2.63. The van der Waals surface area contributed by atoms with E-state index in [1.165, 1.54) is 154 Å². The maximum absolute atomic E-state index is 8.90. The fourth-order valence-corrected chi connectivity index (χ4v) is 12.0. The van der Waals surface area contributed by atoms with Crippen molar-refractivity contribution in [3.05, 3.63) is 0 Å². The van der Waals surface area contributed by atoms with Gasteiger partial charge in [-0.3, -0.25) is 0 Å². The highest BCUT2D eigenvalue weighted by Gasteiger charge is 2.62. The van der Waals surface area contributed by atoms with Crippen LogP contribution in [0.3, 0.4) is 0 Å². The van der Waals surface area contributed by atoms with Crippen LogP contribution in [0.5, 0.6) is 0 Å². The molecule has 1 heterocycles. The molecule has 0 amide bonds. The minimum absolute atomic E-state index is 0.244. The van der Waals surface area contributed by atoms with E-state index in [0.717, 1.165) is 42.1 Å². The van der Waals surface area contributed by atoms with Gasteiger partial charge >= 0.3 is 0 Å². The van der Waals surface area contributed by atoms with Gasteiger partial charge in [0.25, 0.3) is 0 Å². The summed E-state index contributed by atoms with van der Waals surface area (Å²) in [6, 6.07) is 0. The molecular weight excluding hydrogens is 729 g/mol. The van der Waals surface area contributed by atoms with Crippen molar-refractivity contribution in [1.29, 1.82) is 0 Å². The summed E-state index contributed by atoms with van der Waals surface area (Å²) in [5, 5.41) is 0. The van der Waals surface area contributed by atoms with Crippen molar-refractivity contribution >= 4 is 0 Å². The summed E-state index contributed by atoms with van der Waals surface area (Å²) < 4.78 is 17.3. The summed E-state index contributed by atoms with van der Waals surface area (Å²) in [4.78, 5) is 0. The van der Waals surface area contributed by atoms with E-state index in [9.17, 15) is 0 Å². The van der Waals surface area contributed by atoms with E-state index in [4.69, 9.17) is 9.47 Å². The number of ether oxygens (including phenoxy) is 2. The van der Waals surface area contributed by atoms with Gasteiger partial charge in [-0.05, 0) is 148 Å². The molecule has 1 fully saturated rings. The highest BCUT2D eigenvalue weighted by molar-refractivity contribution is 5.12. The summed E-state index contributed by atoms with van der Waals surface area (Å²) in [7, 11) is 0. The van der Waals surface area contributed by atoms with Crippen LogP contribution < -0.4 is 0 Å². The van der Waals surface area contributed by atoms with Crippen molar-refractivity contribution in [1.82, 2.24) is 0 Å². The van der Waals surface area contributed by atoms with Crippen molar-refractivity contribution < 1.29 is 9.47 Å². The molecule has 0 aromatic heterocycles. The number of hydrogen-bond donors (Lipinski definition) is 0. The van der Waals surface area contributed by atoms with Gasteiger partial charge in [0.05, 0.1) is 23.4 Å². The summed E-state index contributed by atoms with van der Waals surface area (Å²) in [5.74, 6) is 8.40. The van der Waals surface area contributed by atoms with E-state index in [1.54, 1.807) is 0 Å². The Hall–Kier alpha value is -0.0800. The average molecular weight is 846 g/mol. The lowest BCUT2D eigenvalue weighted by Crippen LogP contribution is -2.69. The summed E-state index contributed by atoms with van der Waals surface area (Å²) in [6.07, 6.45) is 30.0. The molecule has 1 aliphatic rings. The van der Waals surface area contributed by atoms with E-state index in [2.05, 4.69) is 125 Å². The van der Waals surface area contributed by atoms with Crippen molar-refractivity contribution in [2.24, 2.45) is 71.0 Å². The first-order chi connectivity index (χ1) is 28.5. The maximum Gasteiger partial charge on any atom is 0.0985 e. The van der Waals surface area contributed by atoms with Crippen LogP contribution in [-0.2, 0) is 9.47 Å². The van der Waals surface area contributed by atoms with Crippen LogP contribution in [0.1, 0.15) is 279 Å². The summed E-state index contributed by atoms with van der Waals surface area (Å²) in [6.45, 7) is 45.4. The van der Waals surface area contributed by atoms with Crippen LogP contribution in [0.15, 0.2) is 0 Å². The van der Waals surface area contributed by atoms with Crippen molar-refractivity contribution in [2.45, 2.75) is 296 Å². The van der Waals surface area contributed by atoms with E-state index >= 15 is 0 Å². The molecule has 360 valence electrons. The lowest BCUT2D eigenvalue weighted by molar-refractivity contribution is -0.351. The van der Waals surface area contributed by atoms with Crippen LogP contribution in [0.25, 0.3) is 0 Å². The smallest absolute Gasteiger partial charge is 0.0985 e. The molecule has 0 bridgehead atoms. The van der Waals surface area contributed by atoms with Gasteiger partial charge < -0.3 is 9.47 Å². The molecule has 2 nitrogen and oxygen atoms in total. The third kappa shape index (κ3) is 18.8. The van der Waals surface area contributed by atoms with Crippen LogP contribution >= 0.6 is 0 Å². The predicted molar refractivity (Wildman–Crippen MR) is 270 cm³/mol. The monoisotopic (exact) mass is 845 g/mol. The third-order valence-electron chi connectivity index (χ3n) is 17.7. The largest absolute Gasteiger partial charge is 0.369 e. The Labute approximate surface area is 381 Å². The number of hydrogen-bond acceptors (Lipinski definition) is 2. The van der Waals surface area contributed by atoms with E-state index in [0.29, 0.717) is 35.5 Å². The van der Waals surface area contributed by atoms with Gasteiger partial charge in [-0.2, -0.15) is 0 Å². The zero-order valence-corrected chi connectivity index (χ0v) is 44.9. The minimum atomic E-state index is -0.303. The second-order valence-electron chi connectivity index (χ2n) is 22.9. The topological polar surface area (TPSA) is 18.5 Å². The Morgan fingerprint density at radius 1 is 0.300 bits per heavy atom. The fourth-order valence-electron chi connectivity index (χ4n) is 12.0. The molecule has 12 unspecified atom stereocenters. The average Bonchev–Trinajstić information content (AvgIpc) is 3.25.